The summed E-state index contributed by atoms with van der Waals surface area (Å²) in [4.78, 5) is 42.2. The van der Waals surface area contributed by atoms with Crippen molar-refractivity contribution >= 4 is 28.9 Å². The summed E-state index contributed by atoms with van der Waals surface area (Å²) in [5.41, 5.74) is 6.96. The maximum atomic E-state index is 12.6. The number of ether oxygens (including phenoxy) is 1. The van der Waals surface area contributed by atoms with E-state index in [1.807, 2.05) is 18.2 Å². The van der Waals surface area contributed by atoms with Crippen molar-refractivity contribution in [2.24, 2.45) is 5.73 Å². The van der Waals surface area contributed by atoms with Gasteiger partial charge in [0.2, 0.25) is 5.12 Å². The van der Waals surface area contributed by atoms with Crippen LogP contribution in [0, 0.1) is 0 Å². The maximum absolute atomic E-state index is 12.6. The van der Waals surface area contributed by atoms with E-state index in [1.54, 1.807) is 29.2 Å². The molecule has 0 unspecified atom stereocenters. The Morgan fingerprint density at radius 3 is 2.73 bits per heavy atom. The Balaban J connectivity index is 1.74. The average molecular weight is 426 g/mol. The highest BCUT2D eigenvalue weighted by molar-refractivity contribution is 8.14. The predicted octanol–water partition coefficient (Wildman–Crippen LogP) is 3.06. The minimum absolute atomic E-state index is 0.0272. The van der Waals surface area contributed by atoms with Gasteiger partial charge in [-0.2, -0.15) is 0 Å². The number of carbonyl (C=O) groups excluding carboxylic acids is 3. The third kappa shape index (κ3) is 5.48. The average Bonchev–Trinajstić information content (AvgIpc) is 3.14. The first-order valence-electron chi connectivity index (χ1n) is 9.53. The van der Waals surface area contributed by atoms with Gasteiger partial charge in [0.15, 0.2) is 0 Å². The molecule has 156 valence electrons. The van der Waals surface area contributed by atoms with E-state index in [0.29, 0.717) is 24.9 Å². The number of aromatic nitrogens is 1. The zero-order chi connectivity index (χ0) is 21.5. The van der Waals surface area contributed by atoms with Crippen LogP contribution in [0.15, 0.2) is 61.3 Å². The number of carbonyl (C=O) groups is 3. The fourth-order valence-corrected chi connectivity index (χ4v) is 4.52. The van der Waals surface area contributed by atoms with Crippen molar-refractivity contribution in [2.45, 2.75) is 24.1 Å². The van der Waals surface area contributed by atoms with E-state index in [2.05, 4.69) is 11.6 Å². The molecule has 1 fully saturated rings. The molecule has 0 spiro atoms. The molecule has 30 heavy (non-hydrogen) atoms. The van der Waals surface area contributed by atoms with Gasteiger partial charge < -0.3 is 15.4 Å². The van der Waals surface area contributed by atoms with Crippen molar-refractivity contribution in [3.63, 3.8) is 0 Å². The minimum atomic E-state index is -0.604. The summed E-state index contributed by atoms with van der Waals surface area (Å²) in [5, 5.41) is -0.0861. The Morgan fingerprint density at radius 2 is 2.03 bits per heavy atom. The molecule has 0 bridgehead atoms. The predicted molar refractivity (Wildman–Crippen MR) is 115 cm³/mol. The first-order valence-corrected chi connectivity index (χ1v) is 10.4. The molecule has 1 saturated heterocycles. The summed E-state index contributed by atoms with van der Waals surface area (Å²) in [6.45, 7) is 4.08. The molecule has 2 atom stereocenters. The Bertz CT molecular complexity index is 935. The van der Waals surface area contributed by atoms with Crippen molar-refractivity contribution in [1.82, 2.24) is 9.88 Å². The summed E-state index contributed by atoms with van der Waals surface area (Å²) < 4.78 is 5.23. The summed E-state index contributed by atoms with van der Waals surface area (Å²) >= 11 is 1.23. The van der Waals surface area contributed by atoms with Gasteiger partial charge in [0.25, 0.3) is 5.91 Å². The van der Waals surface area contributed by atoms with E-state index in [1.165, 1.54) is 24.0 Å². The van der Waals surface area contributed by atoms with Crippen LogP contribution in [0.4, 0.5) is 4.79 Å². The number of nitrogens with two attached hydrogens (primary N) is 1. The Labute approximate surface area is 179 Å². The van der Waals surface area contributed by atoms with Crippen LogP contribution in [0.25, 0.3) is 0 Å². The molecular weight excluding hydrogens is 402 g/mol. The number of amides is 2. The summed E-state index contributed by atoms with van der Waals surface area (Å²) in [6, 6.07) is 12.3. The van der Waals surface area contributed by atoms with Gasteiger partial charge in [-0.25, -0.2) is 4.79 Å². The molecule has 1 aliphatic rings. The zero-order valence-corrected chi connectivity index (χ0v) is 17.2. The lowest BCUT2D eigenvalue weighted by Crippen LogP contribution is -2.37. The molecule has 1 aromatic carbocycles. The second-order valence-electron chi connectivity index (χ2n) is 6.92. The van der Waals surface area contributed by atoms with Crippen LogP contribution in [-0.4, -0.2) is 51.4 Å². The molecule has 1 aliphatic heterocycles. The van der Waals surface area contributed by atoms with Gasteiger partial charge in [-0.1, -0.05) is 54.7 Å². The number of nitrogens with zero attached hydrogens (tertiary/aromatic N) is 2. The van der Waals surface area contributed by atoms with Gasteiger partial charge in [0, 0.05) is 29.6 Å². The van der Waals surface area contributed by atoms with Gasteiger partial charge >= 0.3 is 6.09 Å². The van der Waals surface area contributed by atoms with Crippen molar-refractivity contribution in [3.05, 3.63) is 78.1 Å². The van der Waals surface area contributed by atoms with E-state index >= 15 is 0 Å². The molecule has 0 aliphatic carbocycles. The molecular formula is C22H23N3O4S. The number of benzene rings is 1. The normalized spacial score (nSPS) is 18.1. The molecule has 2 amide bonds. The Kier molecular flexibility index (Phi) is 7.24. The number of hydrogen-bond donors (Lipinski definition) is 1. The number of primary amides is 1. The van der Waals surface area contributed by atoms with Gasteiger partial charge in [-0.15, -0.1) is 0 Å². The lowest BCUT2D eigenvalue weighted by molar-refractivity contribution is 0.0993. The van der Waals surface area contributed by atoms with Gasteiger partial charge in [0.05, 0.1) is 0 Å². The van der Waals surface area contributed by atoms with Gasteiger partial charge in [-0.3, -0.25) is 14.6 Å². The van der Waals surface area contributed by atoms with Gasteiger partial charge in [-0.05, 0) is 30.5 Å². The molecule has 2 aromatic rings. The molecule has 2 N–H and O–H groups in total. The van der Waals surface area contributed by atoms with Crippen molar-refractivity contribution in [2.75, 3.05) is 13.2 Å². The number of rotatable bonds is 7. The first-order chi connectivity index (χ1) is 14.5. The minimum Gasteiger partial charge on any atom is -0.445 e. The van der Waals surface area contributed by atoms with E-state index in [9.17, 15) is 14.4 Å². The third-order valence-electron chi connectivity index (χ3n) is 4.77. The monoisotopic (exact) mass is 425 g/mol. The largest absolute Gasteiger partial charge is 0.445 e. The number of pyridine rings is 1. The summed E-state index contributed by atoms with van der Waals surface area (Å²) in [7, 11) is 0. The van der Waals surface area contributed by atoms with Crippen LogP contribution in [0.5, 0.6) is 0 Å². The van der Waals surface area contributed by atoms with E-state index < -0.39 is 12.0 Å². The maximum Gasteiger partial charge on any atom is 0.410 e. The molecule has 0 radical (unpaired) electrons. The quantitative estimate of drug-likeness (QED) is 0.684. The number of thioether (sulfide) groups is 1. The van der Waals surface area contributed by atoms with Crippen molar-refractivity contribution in [3.8, 4) is 0 Å². The van der Waals surface area contributed by atoms with Gasteiger partial charge in [0.1, 0.15) is 12.3 Å². The molecule has 1 aromatic heterocycles. The topological polar surface area (TPSA) is 103 Å². The Morgan fingerprint density at radius 1 is 1.27 bits per heavy atom. The SMILES string of the molecule is C=CCOC(=O)N1C[C@@H](SC(=O)c2ccccc2)C[C@H]1Cc1ccnc(C(N)=O)c1. The van der Waals surface area contributed by atoms with E-state index in [-0.39, 0.29) is 28.7 Å². The highest BCUT2D eigenvalue weighted by atomic mass is 32.2. The molecule has 2 heterocycles. The third-order valence-corrected chi connectivity index (χ3v) is 5.89. The number of hydrogen-bond acceptors (Lipinski definition) is 6. The zero-order valence-electron chi connectivity index (χ0n) is 16.4. The molecule has 8 heteroatoms. The summed E-state index contributed by atoms with van der Waals surface area (Å²) in [6.07, 6.45) is 3.72. The highest BCUT2D eigenvalue weighted by Gasteiger charge is 2.37. The summed E-state index contributed by atoms with van der Waals surface area (Å²) in [5.74, 6) is -0.604. The van der Waals surface area contributed by atoms with Crippen molar-refractivity contribution in [1.29, 1.82) is 0 Å². The van der Waals surface area contributed by atoms with Crippen molar-refractivity contribution < 1.29 is 19.1 Å². The smallest absolute Gasteiger partial charge is 0.410 e. The molecule has 7 nitrogen and oxygen atoms in total. The van der Waals surface area contributed by atoms with Crippen LogP contribution in [0.3, 0.4) is 0 Å². The fourth-order valence-electron chi connectivity index (χ4n) is 3.39. The van der Waals surface area contributed by atoms with Crippen LogP contribution < -0.4 is 5.73 Å². The van der Waals surface area contributed by atoms with Crippen LogP contribution >= 0.6 is 11.8 Å². The highest BCUT2D eigenvalue weighted by Crippen LogP contribution is 2.32. The van der Waals surface area contributed by atoms with E-state index in [0.717, 1.165) is 5.56 Å². The van der Waals surface area contributed by atoms with Crippen LogP contribution in [0.2, 0.25) is 0 Å². The second kappa shape index (κ2) is 10.1. The number of likely N-dealkylation sites (tertiary alicyclic amines) is 1. The molecule has 0 saturated carbocycles. The van der Waals surface area contributed by atoms with E-state index in [4.69, 9.17) is 10.5 Å². The standard InChI is InChI=1S/C22H23N3O4S/c1-2-10-29-22(28)25-14-18(30-21(27)16-6-4-3-5-7-16)13-17(25)11-15-8-9-24-19(12-15)20(23)26/h2-9,12,17-18H,1,10-11,13-14H2,(H2,23,26)/t17-,18+/m1/s1. The molecule has 3 rings (SSSR count). The lowest BCUT2D eigenvalue weighted by atomic mass is 10.0. The second-order valence-corrected chi connectivity index (χ2v) is 8.19. The lowest BCUT2D eigenvalue weighted by Gasteiger charge is -2.23. The fraction of sp³-hybridized carbons (Fsp3) is 0.273. The van der Waals surface area contributed by atoms with Crippen LogP contribution in [0.1, 0.15) is 32.8 Å². The first kappa shape index (κ1) is 21.6. The van der Waals surface area contributed by atoms with Crippen LogP contribution in [-0.2, 0) is 11.2 Å². The Hall–Kier alpha value is -3.13.